The molecule has 1 saturated carbocycles. The molecule has 4 amide bonds. The number of rotatable bonds is 18. The van der Waals surface area contributed by atoms with Crippen molar-refractivity contribution in [2.75, 3.05) is 25.1 Å². The lowest BCUT2D eigenvalue weighted by atomic mass is 9.92. The Hall–Kier alpha value is -7.18. The van der Waals surface area contributed by atoms with Crippen LogP contribution in [0.3, 0.4) is 0 Å². The number of hydroxylamine groups is 1. The molecule has 63 heavy (non-hydrogen) atoms. The van der Waals surface area contributed by atoms with Crippen molar-refractivity contribution in [2.24, 2.45) is 5.41 Å². The van der Waals surface area contributed by atoms with E-state index in [0.29, 0.717) is 43.1 Å². The molecule has 324 valence electrons. The number of alkyl carbamates (subject to hydrolysis) is 1. The van der Waals surface area contributed by atoms with Crippen LogP contribution in [0.5, 0.6) is 11.5 Å². The average Bonchev–Trinajstić information content (AvgIpc) is 3.98. The summed E-state index contributed by atoms with van der Waals surface area (Å²) in [5.41, 5.74) is 3.98. The molecule has 1 fully saturated rings. The van der Waals surface area contributed by atoms with Gasteiger partial charge in [0, 0.05) is 35.0 Å². The van der Waals surface area contributed by atoms with Gasteiger partial charge in [-0.3, -0.25) is 19.2 Å². The molecule has 1 aliphatic rings. The van der Waals surface area contributed by atoms with E-state index in [0.717, 1.165) is 38.2 Å². The summed E-state index contributed by atoms with van der Waals surface area (Å²) in [5, 5.41) is 12.7. The van der Waals surface area contributed by atoms with Crippen LogP contribution in [-0.4, -0.2) is 55.2 Å². The van der Waals surface area contributed by atoms with Crippen molar-refractivity contribution in [1.82, 2.24) is 16.1 Å². The van der Waals surface area contributed by atoms with E-state index in [-0.39, 0.29) is 31.2 Å². The molecule has 0 heterocycles. The fourth-order valence-electron chi connectivity index (χ4n) is 7.64. The third kappa shape index (κ3) is 11.0. The summed E-state index contributed by atoms with van der Waals surface area (Å²) in [6, 6.07) is 39.2. The Kier molecular flexibility index (Phi) is 13.7. The van der Waals surface area contributed by atoms with E-state index >= 15 is 0 Å². The Morgan fingerprint density at radius 3 is 2.10 bits per heavy atom. The lowest BCUT2D eigenvalue weighted by Crippen LogP contribution is -2.38. The maximum absolute atomic E-state index is 14.2. The highest BCUT2D eigenvalue weighted by molar-refractivity contribution is 6.10. The fraction of sp³-hybridized carbons (Fsp3) is 0.255. The predicted molar refractivity (Wildman–Crippen MR) is 244 cm³/mol. The minimum absolute atomic E-state index is 0.187. The maximum Gasteiger partial charge on any atom is 0.407 e. The molecule has 7 rings (SSSR count). The van der Waals surface area contributed by atoms with Crippen LogP contribution in [0.15, 0.2) is 140 Å². The molecule has 0 radical (unpaired) electrons. The second kappa shape index (κ2) is 19.7. The molecule has 0 aliphatic heterocycles. The van der Waals surface area contributed by atoms with Gasteiger partial charge in [-0.15, -0.1) is 0 Å². The molecule has 6 aromatic rings. The molecule has 12 heteroatoms. The van der Waals surface area contributed by atoms with Gasteiger partial charge in [-0.2, -0.15) is 0 Å². The number of anilines is 1. The maximum atomic E-state index is 14.2. The Balaban J connectivity index is 1.07. The van der Waals surface area contributed by atoms with E-state index in [1.54, 1.807) is 51.1 Å². The third-order valence-electron chi connectivity index (χ3n) is 10.7. The number of hydrogen-bond donors (Lipinski definition) is 4. The summed E-state index contributed by atoms with van der Waals surface area (Å²) in [6.07, 6.45) is 2.26. The molecule has 0 bridgehead atoms. The lowest BCUT2D eigenvalue weighted by molar-refractivity contribution is -0.124. The zero-order valence-corrected chi connectivity index (χ0v) is 35.7. The number of benzene rings is 6. The first-order chi connectivity index (χ1) is 30.4. The van der Waals surface area contributed by atoms with Crippen LogP contribution in [0, 0.1) is 5.41 Å². The summed E-state index contributed by atoms with van der Waals surface area (Å²) in [6.45, 7) is 9.60. The van der Waals surface area contributed by atoms with Crippen LogP contribution >= 0.6 is 0 Å². The van der Waals surface area contributed by atoms with Gasteiger partial charge in [-0.1, -0.05) is 110 Å². The lowest BCUT2D eigenvalue weighted by Gasteiger charge is -2.21. The van der Waals surface area contributed by atoms with Gasteiger partial charge in [-0.25, -0.2) is 10.3 Å². The molecule has 12 nitrogen and oxygen atoms in total. The predicted octanol–water partition coefficient (Wildman–Crippen LogP) is 9.28. The third-order valence-corrected chi connectivity index (χ3v) is 10.7. The van der Waals surface area contributed by atoms with Crippen LogP contribution in [0.4, 0.5) is 10.5 Å². The number of carbonyl (C=O) groups excluding carboxylic acids is 4. The van der Waals surface area contributed by atoms with Gasteiger partial charge in [0.05, 0.1) is 12.0 Å². The second-order valence-electron chi connectivity index (χ2n) is 16.5. The molecule has 4 N–H and O–H groups in total. The van der Waals surface area contributed by atoms with Gasteiger partial charge < -0.3 is 30.2 Å². The van der Waals surface area contributed by atoms with Crippen LogP contribution in [-0.2, 0) is 25.8 Å². The number of nitrogens with one attached hydrogen (secondary N) is 4. The summed E-state index contributed by atoms with van der Waals surface area (Å²) in [5.74, 6) is -0.0700. The second-order valence-corrected chi connectivity index (χ2v) is 16.5. The molecular formula is C51H52N4O8. The zero-order valence-electron chi connectivity index (χ0n) is 35.7. The van der Waals surface area contributed by atoms with E-state index in [1.165, 1.54) is 0 Å². The van der Waals surface area contributed by atoms with Crippen molar-refractivity contribution in [3.8, 4) is 22.6 Å². The van der Waals surface area contributed by atoms with Crippen molar-refractivity contribution in [2.45, 2.75) is 58.3 Å². The van der Waals surface area contributed by atoms with Gasteiger partial charge in [0.25, 0.3) is 11.8 Å². The van der Waals surface area contributed by atoms with Crippen LogP contribution in [0.2, 0.25) is 0 Å². The van der Waals surface area contributed by atoms with Gasteiger partial charge in [0.15, 0.2) is 6.61 Å². The highest BCUT2D eigenvalue weighted by atomic mass is 16.6. The summed E-state index contributed by atoms with van der Waals surface area (Å²) in [4.78, 5) is 58.7. The first-order valence-electron chi connectivity index (χ1n) is 21.0. The number of ether oxygens (including phenoxy) is 3. The van der Waals surface area contributed by atoms with Crippen LogP contribution in [0.1, 0.15) is 56.0 Å². The van der Waals surface area contributed by atoms with Crippen LogP contribution < -0.4 is 30.9 Å². The summed E-state index contributed by atoms with van der Waals surface area (Å²) >= 11 is 0. The largest absolute Gasteiger partial charge is 0.489 e. The summed E-state index contributed by atoms with van der Waals surface area (Å²) < 4.78 is 18.0. The van der Waals surface area contributed by atoms with Gasteiger partial charge >= 0.3 is 6.09 Å². The molecule has 6 aromatic carbocycles. The highest BCUT2D eigenvalue weighted by Crippen LogP contribution is 2.51. The first kappa shape index (κ1) is 43.9. The van der Waals surface area contributed by atoms with Crippen molar-refractivity contribution in [3.05, 3.63) is 151 Å². The summed E-state index contributed by atoms with van der Waals surface area (Å²) in [7, 11) is 0. The van der Waals surface area contributed by atoms with Gasteiger partial charge in [0.2, 0.25) is 5.91 Å². The molecule has 1 unspecified atom stereocenters. The quantitative estimate of drug-likeness (QED) is 0.0380. The number of carbonyl (C=O) groups is 4. The minimum Gasteiger partial charge on any atom is -0.489 e. The monoisotopic (exact) mass is 848 g/mol. The number of hydrogen-bond acceptors (Lipinski definition) is 8. The van der Waals surface area contributed by atoms with E-state index in [2.05, 4.69) is 28.0 Å². The number of fused-ring (bicyclic) bond motifs is 2. The normalized spacial score (nSPS) is 15.5. The van der Waals surface area contributed by atoms with E-state index in [4.69, 9.17) is 19.0 Å². The highest BCUT2D eigenvalue weighted by Gasteiger charge is 2.60. The molecule has 0 saturated heterocycles. The molecule has 0 aromatic heterocycles. The molecular weight excluding hydrogens is 797 g/mol. The van der Waals surface area contributed by atoms with E-state index in [9.17, 15) is 19.2 Å². The standard InChI is InChI=1S/C51H52N4O8/c1-5-29-60-41-25-23-35-17-9-11-21-39(35)45(41)46-40-22-12-10-18-36(40)24-26-42(46)61-33-44(56)54-43-31-51(43,27-14-28-52-49(59)63-50(2,3)4)48(58)53-38-20-13-19-37(30-38)47(57)55-62-32-34-15-7-6-8-16-34/h5-13,15-26,30,43H,1,14,27-29,31-33H2,2-4H3,(H,52,59)(H,53,58)(H,54,56)(H,55,57)/t43?,51-/m0/s1. The Labute approximate surface area is 366 Å². The SMILES string of the molecule is C=CCOc1ccc2ccccc2c1-c1c(OCC(=O)NC2C[C@]2(CCCNC(=O)OC(C)(C)C)C(=O)Nc2cccc(C(=O)NOCc3ccccc3)c2)ccc2ccccc12. The minimum atomic E-state index is -1.00. The van der Waals surface area contributed by atoms with Crippen molar-refractivity contribution < 1.29 is 38.2 Å². The average molecular weight is 849 g/mol. The smallest absolute Gasteiger partial charge is 0.407 e. The Bertz CT molecular complexity index is 2620. The van der Waals surface area contributed by atoms with Crippen molar-refractivity contribution >= 4 is 51.0 Å². The Morgan fingerprint density at radius 1 is 0.778 bits per heavy atom. The van der Waals surface area contributed by atoms with E-state index < -0.39 is 35.0 Å². The zero-order chi connectivity index (χ0) is 44.4. The van der Waals surface area contributed by atoms with Gasteiger partial charge in [0.1, 0.15) is 23.7 Å². The first-order valence-corrected chi connectivity index (χ1v) is 21.0. The fourth-order valence-corrected chi connectivity index (χ4v) is 7.64. The van der Waals surface area contributed by atoms with Crippen molar-refractivity contribution in [3.63, 3.8) is 0 Å². The van der Waals surface area contributed by atoms with Gasteiger partial charge in [-0.05, 0) is 97.5 Å². The van der Waals surface area contributed by atoms with E-state index in [1.807, 2.05) is 103 Å². The number of amides is 4. The topological polar surface area (TPSA) is 153 Å². The molecule has 2 atom stereocenters. The Morgan fingerprint density at radius 2 is 1.43 bits per heavy atom. The molecule has 1 aliphatic carbocycles. The van der Waals surface area contributed by atoms with Crippen LogP contribution in [0.25, 0.3) is 32.7 Å². The van der Waals surface area contributed by atoms with Crippen molar-refractivity contribution in [1.29, 1.82) is 0 Å². The molecule has 0 spiro atoms.